The molecule has 0 amide bonds. The highest BCUT2D eigenvalue weighted by Gasteiger charge is 2.24. The van der Waals surface area contributed by atoms with E-state index in [1.54, 1.807) is 0 Å². The average molecular weight is 253 g/mol. The SMILES string of the molecule is OC/C(=C\c1ccc(Br)cc1)C1CC1. The Labute approximate surface area is 92.6 Å². The Kier molecular flexibility index (Phi) is 3.04. The highest BCUT2D eigenvalue weighted by molar-refractivity contribution is 9.10. The Morgan fingerprint density at radius 3 is 2.50 bits per heavy atom. The first-order valence-corrected chi connectivity index (χ1v) is 5.66. The van der Waals surface area contributed by atoms with Crippen molar-refractivity contribution < 1.29 is 5.11 Å². The van der Waals surface area contributed by atoms with E-state index in [2.05, 4.69) is 34.1 Å². The molecule has 14 heavy (non-hydrogen) atoms. The predicted molar refractivity (Wildman–Crippen MR) is 61.9 cm³/mol. The normalized spacial score (nSPS) is 17.1. The molecule has 0 radical (unpaired) electrons. The summed E-state index contributed by atoms with van der Waals surface area (Å²) in [6.45, 7) is 0.195. The minimum absolute atomic E-state index is 0.195. The summed E-state index contributed by atoms with van der Waals surface area (Å²) in [7, 11) is 0. The van der Waals surface area contributed by atoms with Crippen LogP contribution < -0.4 is 0 Å². The molecule has 0 aromatic heterocycles. The second-order valence-electron chi connectivity index (χ2n) is 3.70. The summed E-state index contributed by atoms with van der Waals surface area (Å²) in [6.07, 6.45) is 4.58. The van der Waals surface area contributed by atoms with Gasteiger partial charge in [-0.05, 0) is 42.0 Å². The number of aliphatic hydroxyl groups is 1. The predicted octanol–water partition coefficient (Wildman–Crippen LogP) is 3.23. The molecule has 2 rings (SSSR count). The van der Waals surface area contributed by atoms with Crippen LogP contribution in [-0.2, 0) is 0 Å². The lowest BCUT2D eigenvalue weighted by Crippen LogP contribution is -1.92. The molecule has 2 heteroatoms. The summed E-state index contributed by atoms with van der Waals surface area (Å²) >= 11 is 3.40. The van der Waals surface area contributed by atoms with E-state index in [4.69, 9.17) is 0 Å². The second-order valence-corrected chi connectivity index (χ2v) is 4.62. The van der Waals surface area contributed by atoms with Crippen LogP contribution in [0.15, 0.2) is 34.3 Å². The largest absolute Gasteiger partial charge is 0.392 e. The molecule has 0 atom stereocenters. The van der Waals surface area contributed by atoms with Crippen LogP contribution >= 0.6 is 15.9 Å². The standard InChI is InChI=1S/C12H13BrO/c13-12-5-1-9(2-6-12)7-11(8-14)10-3-4-10/h1-2,5-7,10,14H,3-4,8H2/b11-7+. The average Bonchev–Trinajstić information content (AvgIpc) is 3.01. The van der Waals surface area contributed by atoms with Crippen LogP contribution in [0.3, 0.4) is 0 Å². The van der Waals surface area contributed by atoms with E-state index in [9.17, 15) is 5.11 Å². The fourth-order valence-corrected chi connectivity index (χ4v) is 1.78. The molecular weight excluding hydrogens is 240 g/mol. The van der Waals surface area contributed by atoms with Crippen LogP contribution in [0.25, 0.3) is 6.08 Å². The van der Waals surface area contributed by atoms with Crippen molar-refractivity contribution in [1.29, 1.82) is 0 Å². The molecule has 1 saturated carbocycles. The summed E-state index contributed by atoms with van der Waals surface area (Å²) in [5.74, 6) is 0.642. The van der Waals surface area contributed by atoms with Gasteiger partial charge in [-0.25, -0.2) is 0 Å². The Balaban J connectivity index is 2.17. The topological polar surface area (TPSA) is 20.2 Å². The van der Waals surface area contributed by atoms with E-state index < -0.39 is 0 Å². The van der Waals surface area contributed by atoms with Gasteiger partial charge in [0.1, 0.15) is 0 Å². The zero-order chi connectivity index (χ0) is 9.97. The lowest BCUT2D eigenvalue weighted by Gasteiger charge is -2.01. The Hall–Kier alpha value is -0.600. The molecule has 1 aliphatic rings. The molecule has 1 aromatic carbocycles. The van der Waals surface area contributed by atoms with Gasteiger partial charge >= 0.3 is 0 Å². The third kappa shape index (κ3) is 2.46. The van der Waals surface area contributed by atoms with Gasteiger partial charge in [-0.15, -0.1) is 0 Å². The van der Waals surface area contributed by atoms with Gasteiger partial charge in [-0.3, -0.25) is 0 Å². The Morgan fingerprint density at radius 2 is 2.00 bits per heavy atom. The van der Waals surface area contributed by atoms with Crippen LogP contribution in [-0.4, -0.2) is 11.7 Å². The molecule has 74 valence electrons. The van der Waals surface area contributed by atoms with E-state index >= 15 is 0 Å². The maximum atomic E-state index is 9.17. The van der Waals surface area contributed by atoms with Crippen molar-refractivity contribution in [3.63, 3.8) is 0 Å². The van der Waals surface area contributed by atoms with Crippen LogP contribution in [0.2, 0.25) is 0 Å². The van der Waals surface area contributed by atoms with Crippen molar-refractivity contribution in [2.45, 2.75) is 12.8 Å². The molecule has 0 unspecified atom stereocenters. The summed E-state index contributed by atoms with van der Waals surface area (Å²) in [5.41, 5.74) is 2.34. The monoisotopic (exact) mass is 252 g/mol. The van der Waals surface area contributed by atoms with Gasteiger partial charge in [-0.1, -0.05) is 34.1 Å². The summed E-state index contributed by atoms with van der Waals surface area (Å²) < 4.78 is 1.09. The molecule has 0 bridgehead atoms. The smallest absolute Gasteiger partial charge is 0.0647 e. The van der Waals surface area contributed by atoms with Gasteiger partial charge in [-0.2, -0.15) is 0 Å². The molecule has 1 N–H and O–H groups in total. The minimum Gasteiger partial charge on any atom is -0.392 e. The third-order valence-electron chi connectivity index (χ3n) is 2.51. The lowest BCUT2D eigenvalue weighted by molar-refractivity contribution is 0.326. The molecule has 1 fully saturated rings. The number of rotatable bonds is 3. The highest BCUT2D eigenvalue weighted by Crippen LogP contribution is 2.37. The first-order chi connectivity index (χ1) is 6.79. The van der Waals surface area contributed by atoms with Crippen molar-refractivity contribution >= 4 is 22.0 Å². The van der Waals surface area contributed by atoms with Crippen LogP contribution in [0.1, 0.15) is 18.4 Å². The maximum absolute atomic E-state index is 9.17. The third-order valence-corrected chi connectivity index (χ3v) is 3.04. The van der Waals surface area contributed by atoms with Gasteiger partial charge in [0.05, 0.1) is 6.61 Å². The molecule has 1 aliphatic carbocycles. The number of benzene rings is 1. The lowest BCUT2D eigenvalue weighted by atomic mass is 10.1. The molecule has 0 heterocycles. The number of hydrogen-bond donors (Lipinski definition) is 1. The zero-order valence-corrected chi connectivity index (χ0v) is 9.50. The molecule has 0 aliphatic heterocycles. The van der Waals surface area contributed by atoms with Crippen LogP contribution in [0.4, 0.5) is 0 Å². The fraction of sp³-hybridized carbons (Fsp3) is 0.333. The van der Waals surface area contributed by atoms with Gasteiger partial charge in [0.25, 0.3) is 0 Å². The number of aliphatic hydroxyl groups excluding tert-OH is 1. The second kappa shape index (κ2) is 4.28. The van der Waals surface area contributed by atoms with Crippen molar-refractivity contribution in [2.24, 2.45) is 5.92 Å². The number of halogens is 1. The van der Waals surface area contributed by atoms with Gasteiger partial charge < -0.3 is 5.11 Å². The molecular formula is C12H13BrO. The molecule has 0 saturated heterocycles. The van der Waals surface area contributed by atoms with Gasteiger partial charge in [0.15, 0.2) is 0 Å². The first kappa shape index (κ1) is 9.94. The highest BCUT2D eigenvalue weighted by atomic mass is 79.9. The Bertz CT molecular complexity index is 336. The van der Waals surface area contributed by atoms with Crippen molar-refractivity contribution in [3.8, 4) is 0 Å². The van der Waals surface area contributed by atoms with Crippen molar-refractivity contribution in [1.82, 2.24) is 0 Å². The van der Waals surface area contributed by atoms with Gasteiger partial charge in [0.2, 0.25) is 0 Å². The quantitative estimate of drug-likeness (QED) is 0.876. The van der Waals surface area contributed by atoms with Crippen LogP contribution in [0.5, 0.6) is 0 Å². The molecule has 1 nitrogen and oxygen atoms in total. The van der Waals surface area contributed by atoms with Crippen molar-refractivity contribution in [2.75, 3.05) is 6.61 Å². The molecule has 0 spiro atoms. The van der Waals surface area contributed by atoms with E-state index in [1.807, 2.05) is 12.1 Å². The zero-order valence-electron chi connectivity index (χ0n) is 7.91. The molecule has 1 aromatic rings. The summed E-state index contributed by atoms with van der Waals surface area (Å²) in [5, 5.41) is 9.17. The Morgan fingerprint density at radius 1 is 1.36 bits per heavy atom. The maximum Gasteiger partial charge on any atom is 0.0647 e. The van der Waals surface area contributed by atoms with Crippen LogP contribution in [0, 0.1) is 5.92 Å². The van der Waals surface area contributed by atoms with E-state index in [1.165, 1.54) is 24.0 Å². The van der Waals surface area contributed by atoms with E-state index in [-0.39, 0.29) is 6.61 Å². The minimum atomic E-state index is 0.195. The fourth-order valence-electron chi connectivity index (χ4n) is 1.52. The van der Waals surface area contributed by atoms with Crippen molar-refractivity contribution in [3.05, 3.63) is 39.9 Å². The first-order valence-electron chi connectivity index (χ1n) is 4.86. The number of hydrogen-bond acceptors (Lipinski definition) is 1. The van der Waals surface area contributed by atoms with E-state index in [0.29, 0.717) is 5.92 Å². The van der Waals surface area contributed by atoms with E-state index in [0.717, 1.165) is 4.47 Å². The summed E-state index contributed by atoms with van der Waals surface area (Å²) in [6, 6.07) is 8.16. The van der Waals surface area contributed by atoms with Gasteiger partial charge in [0, 0.05) is 4.47 Å². The summed E-state index contributed by atoms with van der Waals surface area (Å²) in [4.78, 5) is 0.